The zero-order valence-corrected chi connectivity index (χ0v) is 20.1. The van der Waals surface area contributed by atoms with Crippen molar-refractivity contribution in [2.24, 2.45) is 5.41 Å². The Bertz CT molecular complexity index is 810. The molecule has 1 aliphatic heterocycles. The maximum Gasteiger partial charge on any atom is 0.324 e. The molecule has 30 heavy (non-hydrogen) atoms. The van der Waals surface area contributed by atoms with Crippen LogP contribution >= 0.6 is 0 Å². The van der Waals surface area contributed by atoms with Gasteiger partial charge in [-0.3, -0.25) is 9.59 Å². The summed E-state index contributed by atoms with van der Waals surface area (Å²) < 4.78 is 16.3. The third-order valence-electron chi connectivity index (χ3n) is 5.95. The molecular weight excluding hydrogens is 400 g/mol. The second-order valence-electron chi connectivity index (χ2n) is 9.08. The van der Waals surface area contributed by atoms with Crippen molar-refractivity contribution in [3.63, 3.8) is 0 Å². The van der Waals surface area contributed by atoms with Crippen LogP contribution in [0.1, 0.15) is 30.7 Å². The van der Waals surface area contributed by atoms with Crippen LogP contribution in [0.5, 0.6) is 0 Å². The molecule has 2 aliphatic rings. The van der Waals surface area contributed by atoms with E-state index in [9.17, 15) is 9.59 Å². The van der Waals surface area contributed by atoms with Crippen molar-refractivity contribution in [1.82, 2.24) is 4.98 Å². The normalized spacial score (nSPS) is 18.1. The lowest BCUT2D eigenvalue weighted by molar-refractivity contribution is -0.171. The topological polar surface area (TPSA) is 78.0 Å². The Morgan fingerprint density at radius 2 is 1.57 bits per heavy atom. The van der Waals surface area contributed by atoms with Crippen LogP contribution in [-0.4, -0.2) is 64.5 Å². The largest absolute Gasteiger partial charge is 0.465 e. The van der Waals surface area contributed by atoms with Crippen molar-refractivity contribution < 1.29 is 23.8 Å². The van der Waals surface area contributed by atoms with Crippen molar-refractivity contribution in [2.45, 2.75) is 53.3 Å². The molecule has 166 valence electrons. The number of ether oxygens (including phenoxy) is 3. The number of carbonyl (C=O) groups excluding carboxylic acids is 2. The molecule has 0 atom stereocenters. The number of esters is 2. The SMILES string of the molecule is CCOC(=O)C1(C(=O)OCC)Cc2c(C)nc(N3CCOCC3)c([Si](C)(C)C)c2C1. The van der Waals surface area contributed by atoms with E-state index in [-0.39, 0.29) is 13.2 Å². The molecule has 0 spiro atoms. The smallest absolute Gasteiger partial charge is 0.324 e. The quantitative estimate of drug-likeness (QED) is 0.385. The molecule has 1 aromatic heterocycles. The molecule has 1 fully saturated rings. The first kappa shape index (κ1) is 22.7. The van der Waals surface area contributed by atoms with E-state index in [1.165, 1.54) is 5.19 Å². The lowest BCUT2D eigenvalue weighted by Gasteiger charge is -2.34. The van der Waals surface area contributed by atoms with E-state index in [2.05, 4.69) is 24.5 Å². The first-order valence-corrected chi connectivity index (χ1v) is 14.4. The van der Waals surface area contributed by atoms with Crippen LogP contribution in [0.15, 0.2) is 0 Å². The molecule has 0 unspecified atom stereocenters. The van der Waals surface area contributed by atoms with Crippen molar-refractivity contribution in [2.75, 3.05) is 44.4 Å². The fourth-order valence-corrected chi connectivity index (χ4v) is 6.61. The van der Waals surface area contributed by atoms with E-state index >= 15 is 0 Å². The highest BCUT2D eigenvalue weighted by Crippen LogP contribution is 2.42. The molecule has 0 N–H and O–H groups in total. The Hall–Kier alpha value is -1.93. The number of rotatable bonds is 6. The fraction of sp³-hybridized carbons (Fsp3) is 0.682. The number of carbonyl (C=O) groups is 2. The van der Waals surface area contributed by atoms with Crippen molar-refractivity contribution in [1.29, 1.82) is 0 Å². The van der Waals surface area contributed by atoms with Crippen LogP contribution in [-0.2, 0) is 36.6 Å². The summed E-state index contributed by atoms with van der Waals surface area (Å²) in [6.45, 7) is 15.8. The minimum atomic E-state index is -1.86. The number of morpholine rings is 1. The monoisotopic (exact) mass is 434 g/mol. The average molecular weight is 435 g/mol. The third kappa shape index (κ3) is 3.99. The minimum absolute atomic E-state index is 0.230. The molecule has 8 heteroatoms. The van der Waals surface area contributed by atoms with Crippen LogP contribution in [0.25, 0.3) is 0 Å². The number of hydrogen-bond donors (Lipinski definition) is 0. The van der Waals surface area contributed by atoms with Gasteiger partial charge in [0.1, 0.15) is 5.82 Å². The number of fused-ring (bicyclic) bond motifs is 1. The molecule has 2 heterocycles. The fourth-order valence-electron chi connectivity index (χ4n) is 4.58. The van der Waals surface area contributed by atoms with Gasteiger partial charge in [0.05, 0.1) is 34.5 Å². The Morgan fingerprint density at radius 3 is 2.07 bits per heavy atom. The van der Waals surface area contributed by atoms with Gasteiger partial charge in [-0.25, -0.2) is 4.98 Å². The van der Waals surface area contributed by atoms with Gasteiger partial charge in [-0.2, -0.15) is 0 Å². The molecule has 0 saturated carbocycles. The molecule has 3 rings (SSSR count). The van der Waals surface area contributed by atoms with E-state index in [1.54, 1.807) is 13.8 Å². The molecule has 7 nitrogen and oxygen atoms in total. The van der Waals surface area contributed by atoms with E-state index in [0.29, 0.717) is 26.1 Å². The summed E-state index contributed by atoms with van der Waals surface area (Å²) in [5.41, 5.74) is 1.66. The van der Waals surface area contributed by atoms with Crippen LogP contribution in [0, 0.1) is 12.3 Å². The summed E-state index contributed by atoms with van der Waals surface area (Å²) >= 11 is 0. The number of aromatic nitrogens is 1. The minimum Gasteiger partial charge on any atom is -0.465 e. The summed E-state index contributed by atoms with van der Waals surface area (Å²) in [6.07, 6.45) is 0.611. The second-order valence-corrected chi connectivity index (χ2v) is 14.1. The van der Waals surface area contributed by atoms with Gasteiger partial charge in [0.15, 0.2) is 5.41 Å². The Kier molecular flexibility index (Phi) is 6.57. The summed E-state index contributed by atoms with van der Waals surface area (Å²) in [7, 11) is -1.86. The highest BCUT2D eigenvalue weighted by atomic mass is 28.3. The summed E-state index contributed by atoms with van der Waals surface area (Å²) in [6, 6.07) is 0. The van der Waals surface area contributed by atoms with E-state index in [1.807, 2.05) is 6.92 Å². The zero-order chi connectivity index (χ0) is 22.1. The lowest BCUT2D eigenvalue weighted by atomic mass is 9.84. The van der Waals surface area contributed by atoms with Crippen LogP contribution in [0.3, 0.4) is 0 Å². The third-order valence-corrected chi connectivity index (χ3v) is 7.98. The lowest BCUT2D eigenvalue weighted by Crippen LogP contribution is -2.49. The van der Waals surface area contributed by atoms with E-state index < -0.39 is 25.4 Å². The predicted octanol–water partition coefficient (Wildman–Crippen LogP) is 1.98. The van der Waals surface area contributed by atoms with Gasteiger partial charge >= 0.3 is 11.9 Å². The van der Waals surface area contributed by atoms with E-state index in [0.717, 1.165) is 35.7 Å². The van der Waals surface area contributed by atoms with Crippen LogP contribution < -0.4 is 10.1 Å². The van der Waals surface area contributed by atoms with Gasteiger partial charge in [-0.05, 0) is 43.5 Å². The summed E-state index contributed by atoms with van der Waals surface area (Å²) in [5, 5.41) is 1.24. The summed E-state index contributed by atoms with van der Waals surface area (Å²) in [5.74, 6) is 0.0132. The molecule has 1 saturated heterocycles. The van der Waals surface area contributed by atoms with Gasteiger partial charge in [0.25, 0.3) is 0 Å². The highest BCUT2D eigenvalue weighted by Gasteiger charge is 2.55. The van der Waals surface area contributed by atoms with Gasteiger partial charge in [-0.1, -0.05) is 19.6 Å². The van der Waals surface area contributed by atoms with Crippen molar-refractivity contribution in [3.8, 4) is 0 Å². The summed E-state index contributed by atoms with van der Waals surface area (Å²) in [4.78, 5) is 33.4. The Balaban J connectivity index is 2.17. The average Bonchev–Trinajstić information content (AvgIpc) is 3.10. The van der Waals surface area contributed by atoms with Crippen molar-refractivity contribution >= 4 is 31.0 Å². The molecule has 1 aromatic rings. The molecule has 0 radical (unpaired) electrons. The standard InChI is InChI=1S/C22H34N2O5Si/c1-7-28-20(25)22(21(26)29-8-2)13-16-15(3)23-19(24-9-11-27-12-10-24)18(17(16)14-22)30(4,5)6/h7-14H2,1-6H3. The maximum absolute atomic E-state index is 13.1. The zero-order valence-electron chi connectivity index (χ0n) is 19.1. The van der Waals surface area contributed by atoms with Gasteiger partial charge in [0.2, 0.25) is 0 Å². The molecule has 1 aliphatic carbocycles. The van der Waals surface area contributed by atoms with Gasteiger partial charge < -0.3 is 19.1 Å². The van der Waals surface area contributed by atoms with Gasteiger partial charge in [-0.15, -0.1) is 0 Å². The molecule has 0 bridgehead atoms. The molecule has 0 amide bonds. The number of anilines is 1. The first-order valence-electron chi connectivity index (χ1n) is 10.9. The van der Waals surface area contributed by atoms with E-state index in [4.69, 9.17) is 19.2 Å². The second kappa shape index (κ2) is 8.67. The number of hydrogen-bond acceptors (Lipinski definition) is 7. The Labute approximate surface area is 180 Å². The number of aryl methyl sites for hydroxylation is 1. The number of pyridine rings is 1. The van der Waals surface area contributed by atoms with Gasteiger partial charge in [0, 0.05) is 25.2 Å². The molecule has 0 aromatic carbocycles. The predicted molar refractivity (Wildman–Crippen MR) is 118 cm³/mol. The highest BCUT2D eigenvalue weighted by molar-refractivity contribution is 6.90. The van der Waals surface area contributed by atoms with Crippen LogP contribution in [0.2, 0.25) is 19.6 Å². The Morgan fingerprint density at radius 1 is 1.03 bits per heavy atom. The maximum atomic E-state index is 13.1. The van der Waals surface area contributed by atoms with Crippen LogP contribution in [0.4, 0.5) is 5.82 Å². The number of nitrogens with zero attached hydrogens (tertiary/aromatic N) is 2. The molecular formula is C22H34N2O5Si. The first-order chi connectivity index (χ1) is 14.2. The van der Waals surface area contributed by atoms with Crippen molar-refractivity contribution in [3.05, 3.63) is 16.8 Å².